The number of nitrogen functional groups attached to an aromatic ring is 1. The van der Waals surface area contributed by atoms with Crippen molar-refractivity contribution in [3.05, 3.63) is 30.5 Å². The number of nitrogens with zero attached hydrogens (tertiary/aromatic N) is 3. The number of aromatic amines is 1. The summed E-state index contributed by atoms with van der Waals surface area (Å²) < 4.78 is 0. The Morgan fingerprint density at radius 1 is 1.26 bits per heavy atom. The second-order valence-corrected chi connectivity index (χ2v) is 5.99. The van der Waals surface area contributed by atoms with Gasteiger partial charge in [0, 0.05) is 29.8 Å². The van der Waals surface area contributed by atoms with Gasteiger partial charge in [-0.2, -0.15) is 10.1 Å². The second-order valence-electron chi connectivity index (χ2n) is 5.99. The van der Waals surface area contributed by atoms with E-state index >= 15 is 0 Å². The lowest BCUT2D eigenvalue weighted by Crippen LogP contribution is -2.37. The predicted octanol–water partition coefficient (Wildman–Crippen LogP) is 1.78. The Balaban J connectivity index is 1.68. The minimum Gasteiger partial charge on any atom is -0.396 e. The van der Waals surface area contributed by atoms with E-state index in [0.717, 1.165) is 40.8 Å². The SMILES string of the molecule is Nc1nc(N[C@H]2C[C@H](CO)C2)c2ccc(-c3ccn[nH]3)cc2n1. The van der Waals surface area contributed by atoms with Gasteiger partial charge in [0.05, 0.1) is 11.2 Å². The van der Waals surface area contributed by atoms with Gasteiger partial charge < -0.3 is 16.2 Å². The normalized spacial score (nSPS) is 20.4. The van der Waals surface area contributed by atoms with Gasteiger partial charge in [0.15, 0.2) is 0 Å². The van der Waals surface area contributed by atoms with E-state index in [1.54, 1.807) is 6.20 Å². The molecule has 0 saturated heterocycles. The molecule has 0 unspecified atom stereocenters. The van der Waals surface area contributed by atoms with Gasteiger partial charge >= 0.3 is 0 Å². The van der Waals surface area contributed by atoms with Crippen LogP contribution in [0.15, 0.2) is 30.5 Å². The van der Waals surface area contributed by atoms with Crippen molar-refractivity contribution in [2.75, 3.05) is 17.7 Å². The molecule has 7 nitrogen and oxygen atoms in total. The van der Waals surface area contributed by atoms with E-state index in [2.05, 4.69) is 25.5 Å². The molecule has 1 fully saturated rings. The van der Waals surface area contributed by atoms with Crippen molar-refractivity contribution in [2.45, 2.75) is 18.9 Å². The average molecular weight is 310 g/mol. The van der Waals surface area contributed by atoms with Crippen molar-refractivity contribution in [1.29, 1.82) is 0 Å². The van der Waals surface area contributed by atoms with Gasteiger partial charge in [0.2, 0.25) is 5.95 Å². The molecule has 2 aromatic heterocycles. The molecule has 0 radical (unpaired) electrons. The van der Waals surface area contributed by atoms with Crippen LogP contribution in [-0.2, 0) is 0 Å². The molecule has 0 bridgehead atoms. The number of hydrogen-bond donors (Lipinski definition) is 4. The molecule has 0 amide bonds. The van der Waals surface area contributed by atoms with Gasteiger partial charge in [-0.3, -0.25) is 5.10 Å². The lowest BCUT2D eigenvalue weighted by molar-refractivity contribution is 0.151. The monoisotopic (exact) mass is 310 g/mol. The van der Waals surface area contributed by atoms with Gasteiger partial charge in [-0.15, -0.1) is 0 Å². The lowest BCUT2D eigenvalue weighted by atomic mass is 9.81. The molecule has 1 aromatic carbocycles. The molecular formula is C16H18N6O. The molecule has 5 N–H and O–H groups in total. The fourth-order valence-electron chi connectivity index (χ4n) is 3.04. The summed E-state index contributed by atoms with van der Waals surface area (Å²) in [7, 11) is 0. The summed E-state index contributed by atoms with van der Waals surface area (Å²) in [5.74, 6) is 1.40. The Bertz CT molecular complexity index is 826. The third-order valence-corrected chi connectivity index (χ3v) is 4.36. The van der Waals surface area contributed by atoms with Gasteiger partial charge in [-0.25, -0.2) is 4.98 Å². The predicted molar refractivity (Wildman–Crippen MR) is 88.8 cm³/mol. The van der Waals surface area contributed by atoms with Crippen LogP contribution < -0.4 is 11.1 Å². The molecule has 3 aromatic rings. The third-order valence-electron chi connectivity index (χ3n) is 4.36. The molecule has 23 heavy (non-hydrogen) atoms. The van der Waals surface area contributed by atoms with Crippen LogP contribution in [0.1, 0.15) is 12.8 Å². The first-order chi connectivity index (χ1) is 11.2. The first-order valence-corrected chi connectivity index (χ1v) is 7.67. The number of H-pyrrole nitrogens is 1. The molecule has 0 atom stereocenters. The van der Waals surface area contributed by atoms with E-state index in [4.69, 9.17) is 10.8 Å². The van der Waals surface area contributed by atoms with Crippen LogP contribution in [0.3, 0.4) is 0 Å². The fourth-order valence-corrected chi connectivity index (χ4v) is 3.04. The number of aliphatic hydroxyl groups is 1. The molecule has 2 heterocycles. The van der Waals surface area contributed by atoms with Crippen LogP contribution in [0.4, 0.5) is 11.8 Å². The third kappa shape index (κ3) is 2.59. The number of aromatic nitrogens is 4. The number of aliphatic hydroxyl groups excluding tert-OH is 1. The van der Waals surface area contributed by atoms with E-state index in [-0.39, 0.29) is 12.6 Å². The van der Waals surface area contributed by atoms with Crippen molar-refractivity contribution in [2.24, 2.45) is 5.92 Å². The number of nitrogens with one attached hydrogen (secondary N) is 2. The van der Waals surface area contributed by atoms with E-state index < -0.39 is 0 Å². The zero-order valence-electron chi connectivity index (χ0n) is 12.5. The van der Waals surface area contributed by atoms with Crippen LogP contribution in [0.5, 0.6) is 0 Å². The Morgan fingerprint density at radius 3 is 2.87 bits per heavy atom. The number of hydrogen-bond acceptors (Lipinski definition) is 6. The molecular weight excluding hydrogens is 292 g/mol. The average Bonchev–Trinajstić information content (AvgIpc) is 3.03. The highest BCUT2D eigenvalue weighted by molar-refractivity contribution is 5.92. The Morgan fingerprint density at radius 2 is 2.13 bits per heavy atom. The summed E-state index contributed by atoms with van der Waals surface area (Å²) in [5.41, 5.74) is 8.59. The number of fused-ring (bicyclic) bond motifs is 1. The second kappa shape index (κ2) is 5.51. The molecule has 4 rings (SSSR count). The van der Waals surface area contributed by atoms with Crippen LogP contribution in [0, 0.1) is 5.92 Å². The first-order valence-electron chi connectivity index (χ1n) is 7.67. The minimum absolute atomic E-state index is 0.248. The molecule has 118 valence electrons. The summed E-state index contributed by atoms with van der Waals surface area (Å²) in [4.78, 5) is 8.68. The summed E-state index contributed by atoms with van der Waals surface area (Å²) >= 11 is 0. The largest absolute Gasteiger partial charge is 0.396 e. The zero-order chi connectivity index (χ0) is 15.8. The quantitative estimate of drug-likeness (QED) is 0.584. The molecule has 1 saturated carbocycles. The van der Waals surface area contributed by atoms with Crippen molar-refractivity contribution in [3.8, 4) is 11.3 Å². The van der Waals surface area contributed by atoms with Crippen molar-refractivity contribution >= 4 is 22.7 Å². The Labute approximate surface area is 133 Å². The van der Waals surface area contributed by atoms with E-state index in [1.165, 1.54) is 0 Å². The standard InChI is InChI=1S/C16H18N6O/c17-16-20-14-7-10(13-3-4-18-22-13)1-2-12(14)15(21-16)19-11-5-9(6-11)8-23/h1-4,7,9,11,23H,5-6,8H2,(H,18,22)(H3,17,19,20,21)/t9-,11-. The number of rotatable bonds is 4. The van der Waals surface area contributed by atoms with Crippen LogP contribution in [0.2, 0.25) is 0 Å². The van der Waals surface area contributed by atoms with Crippen molar-refractivity contribution in [1.82, 2.24) is 20.2 Å². The number of anilines is 2. The maximum Gasteiger partial charge on any atom is 0.222 e. The fraction of sp³-hybridized carbons (Fsp3) is 0.312. The number of benzene rings is 1. The maximum absolute atomic E-state index is 9.13. The zero-order valence-corrected chi connectivity index (χ0v) is 12.5. The van der Waals surface area contributed by atoms with Crippen LogP contribution in [0.25, 0.3) is 22.2 Å². The van der Waals surface area contributed by atoms with Crippen LogP contribution >= 0.6 is 0 Å². The Hall–Kier alpha value is -2.67. The highest BCUT2D eigenvalue weighted by Gasteiger charge is 2.29. The van der Waals surface area contributed by atoms with Gasteiger partial charge in [0.1, 0.15) is 5.82 Å². The molecule has 7 heteroatoms. The van der Waals surface area contributed by atoms with Gasteiger partial charge in [-0.05, 0) is 37.0 Å². The minimum atomic E-state index is 0.248. The first kappa shape index (κ1) is 14.0. The molecule has 0 aliphatic heterocycles. The maximum atomic E-state index is 9.13. The van der Waals surface area contributed by atoms with Crippen molar-refractivity contribution < 1.29 is 5.11 Å². The highest BCUT2D eigenvalue weighted by Crippen LogP contribution is 2.32. The summed E-state index contributed by atoms with van der Waals surface area (Å²) in [6, 6.07) is 8.22. The molecule has 1 aliphatic rings. The van der Waals surface area contributed by atoms with Gasteiger partial charge in [-0.1, -0.05) is 6.07 Å². The number of nitrogens with two attached hydrogens (primary N) is 1. The van der Waals surface area contributed by atoms with E-state index in [1.807, 2.05) is 24.3 Å². The summed E-state index contributed by atoms with van der Waals surface area (Å²) in [6.07, 6.45) is 3.62. The highest BCUT2D eigenvalue weighted by atomic mass is 16.3. The van der Waals surface area contributed by atoms with Gasteiger partial charge in [0.25, 0.3) is 0 Å². The summed E-state index contributed by atoms with van der Waals surface area (Å²) in [5, 5.41) is 20.4. The van der Waals surface area contributed by atoms with Crippen molar-refractivity contribution in [3.63, 3.8) is 0 Å². The van der Waals surface area contributed by atoms with E-state index in [9.17, 15) is 0 Å². The molecule has 1 aliphatic carbocycles. The smallest absolute Gasteiger partial charge is 0.222 e. The topological polar surface area (TPSA) is 113 Å². The Kier molecular flexibility index (Phi) is 3.34. The summed E-state index contributed by atoms with van der Waals surface area (Å²) in [6.45, 7) is 0.248. The van der Waals surface area contributed by atoms with E-state index in [0.29, 0.717) is 12.0 Å². The lowest BCUT2D eigenvalue weighted by Gasteiger charge is -2.35. The molecule has 0 spiro atoms. The van der Waals surface area contributed by atoms with Crippen LogP contribution in [-0.4, -0.2) is 37.9 Å².